The summed E-state index contributed by atoms with van der Waals surface area (Å²) in [4.78, 5) is 0. The first-order valence-corrected chi connectivity index (χ1v) is 6.50. The Morgan fingerprint density at radius 3 is 2.92 bits per heavy atom. The molecule has 1 unspecified atom stereocenters. The van der Waals surface area contributed by atoms with E-state index in [9.17, 15) is 5.11 Å². The summed E-state index contributed by atoms with van der Waals surface area (Å²) in [6, 6.07) is 0. The van der Waals surface area contributed by atoms with Gasteiger partial charge in [0, 0.05) is 0 Å². The van der Waals surface area contributed by atoms with Crippen molar-refractivity contribution in [1.29, 1.82) is 0 Å². The van der Waals surface area contributed by atoms with Crippen LogP contribution in [0.2, 0.25) is 0 Å². The van der Waals surface area contributed by atoms with Gasteiger partial charge in [-0.25, -0.2) is 0 Å². The molecule has 0 aliphatic heterocycles. The van der Waals surface area contributed by atoms with Crippen molar-refractivity contribution in [2.24, 2.45) is 0 Å². The zero-order valence-electron chi connectivity index (χ0n) is 8.68. The van der Waals surface area contributed by atoms with Crippen molar-refractivity contribution in [2.45, 2.75) is 45.1 Å². The zero-order valence-corrected chi connectivity index (χ0v) is 9.49. The molecule has 0 bridgehead atoms. The predicted molar refractivity (Wildman–Crippen MR) is 60.2 cm³/mol. The standard InChI is InChI=1S/C11H20OS/c1-9-5-3-7-11(12)10(9)6-4-8-13-2/h11-12H,3-8H2,1-2H3. The number of thioether (sulfide) groups is 1. The van der Waals surface area contributed by atoms with E-state index in [1.165, 1.54) is 36.2 Å². The maximum absolute atomic E-state index is 9.77. The lowest BCUT2D eigenvalue weighted by Gasteiger charge is -2.23. The third kappa shape index (κ3) is 3.35. The van der Waals surface area contributed by atoms with Gasteiger partial charge in [0.25, 0.3) is 0 Å². The van der Waals surface area contributed by atoms with Crippen LogP contribution in [-0.4, -0.2) is 23.2 Å². The Bertz CT molecular complexity index is 187. The maximum Gasteiger partial charge on any atom is 0.0752 e. The Hall–Kier alpha value is 0.0500. The fourth-order valence-electron chi connectivity index (χ4n) is 1.97. The van der Waals surface area contributed by atoms with Crippen molar-refractivity contribution in [1.82, 2.24) is 0 Å². The van der Waals surface area contributed by atoms with E-state index in [2.05, 4.69) is 13.2 Å². The van der Waals surface area contributed by atoms with E-state index in [0.717, 1.165) is 12.8 Å². The van der Waals surface area contributed by atoms with Crippen molar-refractivity contribution in [2.75, 3.05) is 12.0 Å². The SMILES string of the molecule is CSCCCC1=C(C)CCCC1O. The average Bonchev–Trinajstić information content (AvgIpc) is 2.10. The van der Waals surface area contributed by atoms with Crippen LogP contribution in [0, 0.1) is 0 Å². The molecule has 1 N–H and O–H groups in total. The van der Waals surface area contributed by atoms with Gasteiger partial charge < -0.3 is 5.11 Å². The molecular formula is C11H20OS. The molecule has 76 valence electrons. The van der Waals surface area contributed by atoms with Crippen LogP contribution < -0.4 is 0 Å². The highest BCUT2D eigenvalue weighted by molar-refractivity contribution is 7.98. The molecule has 0 aromatic rings. The number of hydrogen-bond donors (Lipinski definition) is 1. The second-order valence-corrected chi connectivity index (χ2v) is 4.80. The summed E-state index contributed by atoms with van der Waals surface area (Å²) >= 11 is 1.89. The molecule has 0 amide bonds. The monoisotopic (exact) mass is 200 g/mol. The summed E-state index contributed by atoms with van der Waals surface area (Å²) in [5.74, 6) is 1.21. The van der Waals surface area contributed by atoms with Gasteiger partial charge in [0.1, 0.15) is 0 Å². The fraction of sp³-hybridized carbons (Fsp3) is 0.818. The first-order chi connectivity index (χ1) is 6.25. The summed E-state index contributed by atoms with van der Waals surface area (Å²) < 4.78 is 0. The second-order valence-electron chi connectivity index (χ2n) is 3.81. The van der Waals surface area contributed by atoms with Crippen LogP contribution in [0.3, 0.4) is 0 Å². The highest BCUT2D eigenvalue weighted by Crippen LogP contribution is 2.28. The van der Waals surface area contributed by atoms with Crippen molar-refractivity contribution in [3.8, 4) is 0 Å². The van der Waals surface area contributed by atoms with E-state index >= 15 is 0 Å². The summed E-state index contributed by atoms with van der Waals surface area (Å²) in [5, 5.41) is 9.77. The van der Waals surface area contributed by atoms with Crippen LogP contribution >= 0.6 is 11.8 Å². The molecule has 0 radical (unpaired) electrons. The molecule has 0 fully saturated rings. The first kappa shape index (κ1) is 11.1. The molecular weight excluding hydrogens is 180 g/mol. The number of aliphatic hydroxyl groups excluding tert-OH is 1. The first-order valence-electron chi connectivity index (χ1n) is 5.11. The smallest absolute Gasteiger partial charge is 0.0752 e. The second kappa shape index (κ2) is 5.71. The van der Waals surface area contributed by atoms with Crippen LogP contribution in [0.15, 0.2) is 11.1 Å². The minimum atomic E-state index is -0.129. The average molecular weight is 200 g/mol. The topological polar surface area (TPSA) is 20.2 Å². The Morgan fingerprint density at radius 1 is 1.54 bits per heavy atom. The molecule has 1 aliphatic rings. The molecule has 13 heavy (non-hydrogen) atoms. The van der Waals surface area contributed by atoms with Gasteiger partial charge >= 0.3 is 0 Å². The number of aliphatic hydroxyl groups is 1. The van der Waals surface area contributed by atoms with Crippen LogP contribution in [0.1, 0.15) is 39.0 Å². The van der Waals surface area contributed by atoms with Gasteiger partial charge in [-0.2, -0.15) is 11.8 Å². The fourth-order valence-corrected chi connectivity index (χ4v) is 2.40. The highest BCUT2D eigenvalue weighted by Gasteiger charge is 2.17. The van der Waals surface area contributed by atoms with Gasteiger partial charge in [-0.1, -0.05) is 5.57 Å². The molecule has 0 heterocycles. The van der Waals surface area contributed by atoms with Gasteiger partial charge in [0.15, 0.2) is 0 Å². The minimum absolute atomic E-state index is 0.129. The van der Waals surface area contributed by atoms with Gasteiger partial charge in [-0.3, -0.25) is 0 Å². The van der Waals surface area contributed by atoms with Crippen LogP contribution in [0.4, 0.5) is 0 Å². The Morgan fingerprint density at radius 2 is 2.31 bits per heavy atom. The molecule has 0 aromatic carbocycles. The molecule has 0 spiro atoms. The third-order valence-electron chi connectivity index (χ3n) is 2.77. The maximum atomic E-state index is 9.77. The van der Waals surface area contributed by atoms with Gasteiger partial charge in [-0.15, -0.1) is 0 Å². The van der Waals surface area contributed by atoms with Crippen molar-refractivity contribution in [3.63, 3.8) is 0 Å². The lowest BCUT2D eigenvalue weighted by molar-refractivity contribution is 0.184. The van der Waals surface area contributed by atoms with E-state index in [1.807, 2.05) is 11.8 Å². The van der Waals surface area contributed by atoms with Gasteiger partial charge in [-0.05, 0) is 56.6 Å². The third-order valence-corrected chi connectivity index (χ3v) is 3.47. The molecule has 0 saturated carbocycles. The normalized spacial score (nSPS) is 23.8. The van der Waals surface area contributed by atoms with Gasteiger partial charge in [0.05, 0.1) is 6.10 Å². The largest absolute Gasteiger partial charge is 0.389 e. The quantitative estimate of drug-likeness (QED) is 0.556. The summed E-state index contributed by atoms with van der Waals surface area (Å²) in [6.45, 7) is 2.18. The number of allylic oxidation sites excluding steroid dienone is 1. The van der Waals surface area contributed by atoms with Crippen molar-refractivity contribution < 1.29 is 5.11 Å². The van der Waals surface area contributed by atoms with Crippen LogP contribution in [0.25, 0.3) is 0 Å². The Kier molecular flexibility index (Phi) is 4.89. The lowest BCUT2D eigenvalue weighted by Crippen LogP contribution is -2.16. The molecule has 1 atom stereocenters. The molecule has 1 nitrogen and oxygen atoms in total. The summed E-state index contributed by atoms with van der Waals surface area (Å²) in [5.41, 5.74) is 2.78. The minimum Gasteiger partial charge on any atom is -0.389 e. The van der Waals surface area contributed by atoms with E-state index in [1.54, 1.807) is 0 Å². The van der Waals surface area contributed by atoms with Crippen LogP contribution in [0.5, 0.6) is 0 Å². The van der Waals surface area contributed by atoms with Crippen molar-refractivity contribution >= 4 is 11.8 Å². The van der Waals surface area contributed by atoms with E-state index < -0.39 is 0 Å². The van der Waals surface area contributed by atoms with Crippen LogP contribution in [-0.2, 0) is 0 Å². The van der Waals surface area contributed by atoms with E-state index in [0.29, 0.717) is 0 Å². The lowest BCUT2D eigenvalue weighted by atomic mass is 9.88. The zero-order chi connectivity index (χ0) is 9.68. The summed E-state index contributed by atoms with van der Waals surface area (Å²) in [7, 11) is 0. The number of rotatable bonds is 4. The molecule has 0 aromatic heterocycles. The molecule has 0 saturated heterocycles. The molecule has 1 aliphatic carbocycles. The van der Waals surface area contributed by atoms with Crippen molar-refractivity contribution in [3.05, 3.63) is 11.1 Å². The van der Waals surface area contributed by atoms with E-state index in [4.69, 9.17) is 0 Å². The molecule has 2 heteroatoms. The Labute approximate surface area is 85.6 Å². The highest BCUT2D eigenvalue weighted by atomic mass is 32.2. The summed E-state index contributed by atoms with van der Waals surface area (Å²) in [6.07, 6.45) is 7.67. The molecule has 1 rings (SSSR count). The number of hydrogen-bond acceptors (Lipinski definition) is 2. The Balaban J connectivity index is 2.43. The van der Waals surface area contributed by atoms with E-state index in [-0.39, 0.29) is 6.10 Å². The van der Waals surface area contributed by atoms with Gasteiger partial charge in [0.2, 0.25) is 0 Å². The predicted octanol–water partition coefficient (Wildman–Crippen LogP) is 2.99.